The van der Waals surface area contributed by atoms with E-state index in [9.17, 15) is 0 Å². The standard InChI is InChI=1S/C14H20N4O/c1-10-7-11(19-17-10)8-18(2)9-14-12-5-3-4-6-13(12)15-16-14/h7H,3-6,8-9H2,1-2H3,(H,15,16). The first-order valence-corrected chi connectivity index (χ1v) is 6.88. The number of H-pyrrole nitrogens is 1. The van der Waals surface area contributed by atoms with Crippen LogP contribution in [0.3, 0.4) is 0 Å². The summed E-state index contributed by atoms with van der Waals surface area (Å²) in [6.07, 6.45) is 4.87. The first kappa shape index (κ1) is 12.4. The van der Waals surface area contributed by atoms with Gasteiger partial charge in [0, 0.05) is 18.3 Å². The lowest BCUT2D eigenvalue weighted by atomic mass is 9.96. The topological polar surface area (TPSA) is 58.0 Å². The van der Waals surface area contributed by atoms with E-state index >= 15 is 0 Å². The van der Waals surface area contributed by atoms with Crippen molar-refractivity contribution < 1.29 is 4.52 Å². The first-order valence-electron chi connectivity index (χ1n) is 6.88. The van der Waals surface area contributed by atoms with E-state index in [0.29, 0.717) is 0 Å². The molecule has 1 aliphatic rings. The lowest BCUT2D eigenvalue weighted by Gasteiger charge is -2.16. The van der Waals surface area contributed by atoms with Gasteiger partial charge in [-0.1, -0.05) is 5.16 Å². The summed E-state index contributed by atoms with van der Waals surface area (Å²) < 4.78 is 5.25. The molecule has 0 amide bonds. The van der Waals surface area contributed by atoms with E-state index in [1.54, 1.807) is 0 Å². The number of aromatic amines is 1. The van der Waals surface area contributed by atoms with Gasteiger partial charge in [-0.2, -0.15) is 5.10 Å². The van der Waals surface area contributed by atoms with Crippen molar-refractivity contribution in [3.8, 4) is 0 Å². The molecule has 0 unspecified atom stereocenters. The van der Waals surface area contributed by atoms with Gasteiger partial charge in [0.1, 0.15) is 0 Å². The van der Waals surface area contributed by atoms with Crippen LogP contribution in [-0.2, 0) is 25.9 Å². The Kier molecular flexibility index (Phi) is 3.38. The molecule has 0 saturated carbocycles. The molecule has 1 N–H and O–H groups in total. The van der Waals surface area contributed by atoms with Crippen molar-refractivity contribution in [1.29, 1.82) is 0 Å². The Labute approximate surface area is 113 Å². The maximum atomic E-state index is 5.25. The fourth-order valence-corrected chi connectivity index (χ4v) is 2.75. The molecule has 102 valence electrons. The summed E-state index contributed by atoms with van der Waals surface area (Å²) >= 11 is 0. The predicted molar refractivity (Wildman–Crippen MR) is 71.6 cm³/mol. The Morgan fingerprint density at radius 3 is 2.95 bits per heavy atom. The van der Waals surface area contributed by atoms with Gasteiger partial charge in [-0.15, -0.1) is 0 Å². The van der Waals surface area contributed by atoms with E-state index in [2.05, 4.69) is 27.3 Å². The second-order valence-corrected chi connectivity index (χ2v) is 5.44. The average Bonchev–Trinajstić information content (AvgIpc) is 2.97. The Bertz CT molecular complexity index is 558. The lowest BCUT2D eigenvalue weighted by molar-refractivity contribution is 0.263. The van der Waals surface area contributed by atoms with Crippen LogP contribution in [-0.4, -0.2) is 27.3 Å². The molecule has 5 nitrogen and oxygen atoms in total. The first-order chi connectivity index (χ1) is 9.22. The molecule has 0 spiro atoms. The van der Waals surface area contributed by atoms with Crippen LogP contribution in [0.2, 0.25) is 0 Å². The molecule has 2 aromatic heterocycles. The number of hydrogen-bond donors (Lipinski definition) is 1. The zero-order chi connectivity index (χ0) is 13.2. The van der Waals surface area contributed by atoms with Gasteiger partial charge in [-0.25, -0.2) is 0 Å². The second kappa shape index (κ2) is 5.17. The maximum Gasteiger partial charge on any atom is 0.150 e. The van der Waals surface area contributed by atoms with Crippen LogP contribution in [0.1, 0.15) is 41.2 Å². The monoisotopic (exact) mass is 260 g/mol. The molecule has 0 bridgehead atoms. The summed E-state index contributed by atoms with van der Waals surface area (Å²) in [6, 6.07) is 1.98. The largest absolute Gasteiger partial charge is 0.360 e. The third kappa shape index (κ3) is 2.71. The van der Waals surface area contributed by atoms with Crippen LogP contribution in [0.4, 0.5) is 0 Å². The average molecular weight is 260 g/mol. The molecule has 0 fully saturated rings. The van der Waals surface area contributed by atoms with Crippen LogP contribution < -0.4 is 0 Å². The van der Waals surface area contributed by atoms with Crippen molar-refractivity contribution in [1.82, 2.24) is 20.3 Å². The zero-order valence-corrected chi connectivity index (χ0v) is 11.6. The summed E-state index contributed by atoms with van der Waals surface area (Å²) in [5.74, 6) is 0.907. The minimum atomic E-state index is 0.766. The number of aryl methyl sites for hydroxylation is 2. The normalized spacial score (nSPS) is 14.9. The van der Waals surface area contributed by atoms with Crippen molar-refractivity contribution in [3.63, 3.8) is 0 Å². The van der Waals surface area contributed by atoms with Gasteiger partial charge >= 0.3 is 0 Å². The number of aromatic nitrogens is 3. The number of nitrogens with one attached hydrogen (secondary N) is 1. The molecular formula is C14H20N4O. The molecule has 2 heterocycles. The number of fused-ring (bicyclic) bond motifs is 1. The molecular weight excluding hydrogens is 240 g/mol. The highest BCUT2D eigenvalue weighted by Gasteiger charge is 2.18. The van der Waals surface area contributed by atoms with E-state index in [1.165, 1.54) is 29.8 Å². The summed E-state index contributed by atoms with van der Waals surface area (Å²) in [5.41, 5.74) is 4.89. The van der Waals surface area contributed by atoms with Crippen LogP contribution in [0, 0.1) is 6.92 Å². The SMILES string of the molecule is Cc1cc(CN(C)Cc2n[nH]c3c2CCCC3)on1. The van der Waals surface area contributed by atoms with Gasteiger partial charge in [0.05, 0.1) is 17.9 Å². The summed E-state index contributed by atoms with van der Waals surface area (Å²) in [4.78, 5) is 2.21. The molecule has 2 aromatic rings. The van der Waals surface area contributed by atoms with Crippen LogP contribution in [0.5, 0.6) is 0 Å². The maximum absolute atomic E-state index is 5.25. The van der Waals surface area contributed by atoms with E-state index < -0.39 is 0 Å². The zero-order valence-electron chi connectivity index (χ0n) is 11.6. The molecule has 1 aliphatic carbocycles. The fraction of sp³-hybridized carbons (Fsp3) is 0.571. The van der Waals surface area contributed by atoms with E-state index in [4.69, 9.17) is 4.52 Å². The summed E-state index contributed by atoms with van der Waals surface area (Å²) in [6.45, 7) is 3.56. The van der Waals surface area contributed by atoms with Crippen LogP contribution >= 0.6 is 0 Å². The van der Waals surface area contributed by atoms with Crippen molar-refractivity contribution >= 4 is 0 Å². The highest BCUT2D eigenvalue weighted by atomic mass is 16.5. The molecule has 0 radical (unpaired) electrons. The van der Waals surface area contributed by atoms with E-state index in [-0.39, 0.29) is 0 Å². The van der Waals surface area contributed by atoms with Crippen LogP contribution in [0.25, 0.3) is 0 Å². The number of rotatable bonds is 4. The highest BCUT2D eigenvalue weighted by molar-refractivity contribution is 5.27. The fourth-order valence-electron chi connectivity index (χ4n) is 2.75. The highest BCUT2D eigenvalue weighted by Crippen LogP contribution is 2.23. The third-order valence-electron chi connectivity index (χ3n) is 3.66. The minimum absolute atomic E-state index is 0.766. The second-order valence-electron chi connectivity index (χ2n) is 5.44. The summed E-state index contributed by atoms with van der Waals surface area (Å²) in [7, 11) is 2.09. The van der Waals surface area contributed by atoms with Gasteiger partial charge < -0.3 is 4.52 Å². The molecule has 0 atom stereocenters. The van der Waals surface area contributed by atoms with E-state index in [1.807, 2.05) is 13.0 Å². The smallest absolute Gasteiger partial charge is 0.150 e. The molecule has 19 heavy (non-hydrogen) atoms. The molecule has 5 heteroatoms. The molecule has 0 saturated heterocycles. The van der Waals surface area contributed by atoms with Gasteiger partial charge in [0.2, 0.25) is 0 Å². The van der Waals surface area contributed by atoms with Crippen molar-refractivity contribution in [2.45, 2.75) is 45.7 Å². The van der Waals surface area contributed by atoms with Crippen molar-refractivity contribution in [3.05, 3.63) is 34.5 Å². The van der Waals surface area contributed by atoms with Gasteiger partial charge in [-0.05, 0) is 45.2 Å². The molecule has 0 aromatic carbocycles. The van der Waals surface area contributed by atoms with Gasteiger partial charge in [0.15, 0.2) is 5.76 Å². The Morgan fingerprint density at radius 2 is 2.16 bits per heavy atom. The Morgan fingerprint density at radius 1 is 1.32 bits per heavy atom. The lowest BCUT2D eigenvalue weighted by Crippen LogP contribution is -2.18. The van der Waals surface area contributed by atoms with Gasteiger partial charge in [0.25, 0.3) is 0 Å². The van der Waals surface area contributed by atoms with Crippen molar-refractivity contribution in [2.75, 3.05) is 7.05 Å². The molecule has 0 aliphatic heterocycles. The predicted octanol–water partition coefficient (Wildman–Crippen LogP) is 2.22. The number of hydrogen-bond acceptors (Lipinski definition) is 4. The minimum Gasteiger partial charge on any atom is -0.360 e. The third-order valence-corrected chi connectivity index (χ3v) is 3.66. The van der Waals surface area contributed by atoms with Crippen molar-refractivity contribution in [2.24, 2.45) is 0 Å². The van der Waals surface area contributed by atoms with Gasteiger partial charge in [-0.3, -0.25) is 10.00 Å². The molecule has 3 rings (SSSR count). The Hall–Kier alpha value is -1.62. The van der Waals surface area contributed by atoms with E-state index in [0.717, 1.165) is 37.4 Å². The summed E-state index contributed by atoms with van der Waals surface area (Å²) in [5, 5.41) is 11.6. The van der Waals surface area contributed by atoms with Crippen LogP contribution in [0.15, 0.2) is 10.6 Å². The quantitative estimate of drug-likeness (QED) is 0.915. The number of nitrogens with zero attached hydrogens (tertiary/aromatic N) is 3. The Balaban J connectivity index is 1.66.